The highest BCUT2D eigenvalue weighted by atomic mass is 16.2. The van der Waals surface area contributed by atoms with Crippen molar-refractivity contribution in [3.8, 4) is 0 Å². The summed E-state index contributed by atoms with van der Waals surface area (Å²) in [6.45, 7) is 3.14. The minimum absolute atomic E-state index is 0.0461. The summed E-state index contributed by atoms with van der Waals surface area (Å²) in [5, 5.41) is 7.23. The lowest BCUT2D eigenvalue weighted by Crippen LogP contribution is -2.45. The van der Waals surface area contributed by atoms with Crippen molar-refractivity contribution in [2.24, 2.45) is 0 Å². The Morgan fingerprint density at radius 1 is 1.27 bits per heavy atom. The van der Waals surface area contributed by atoms with Gasteiger partial charge >= 0.3 is 0 Å². The SMILES string of the molecule is Cc1ccn(CCNC(=O)C2NNNC2c2ccccc2)n1. The molecule has 1 aromatic heterocycles. The van der Waals surface area contributed by atoms with Crippen LogP contribution in [0.15, 0.2) is 42.6 Å². The number of nitrogens with zero attached hydrogens (tertiary/aromatic N) is 2. The van der Waals surface area contributed by atoms with Crippen LogP contribution in [0.1, 0.15) is 17.3 Å². The molecule has 7 nitrogen and oxygen atoms in total. The van der Waals surface area contributed by atoms with E-state index in [1.807, 2.05) is 54.2 Å². The van der Waals surface area contributed by atoms with Crippen LogP contribution in [-0.2, 0) is 11.3 Å². The zero-order valence-corrected chi connectivity index (χ0v) is 12.4. The second-order valence-corrected chi connectivity index (χ2v) is 5.29. The molecule has 2 aromatic rings. The van der Waals surface area contributed by atoms with E-state index in [-0.39, 0.29) is 18.0 Å². The van der Waals surface area contributed by atoms with E-state index in [2.05, 4.69) is 26.8 Å². The Balaban J connectivity index is 1.55. The van der Waals surface area contributed by atoms with Gasteiger partial charge in [0, 0.05) is 12.7 Å². The third-order valence-corrected chi connectivity index (χ3v) is 3.64. The lowest BCUT2D eigenvalue weighted by molar-refractivity contribution is -0.123. The minimum atomic E-state index is -0.359. The molecule has 0 saturated carbocycles. The molecule has 1 aliphatic heterocycles. The van der Waals surface area contributed by atoms with Crippen molar-refractivity contribution in [1.29, 1.82) is 0 Å². The molecular weight excluding hydrogens is 280 g/mol. The summed E-state index contributed by atoms with van der Waals surface area (Å²) in [4.78, 5) is 12.3. The Morgan fingerprint density at radius 3 is 2.82 bits per heavy atom. The average Bonchev–Trinajstić information content (AvgIpc) is 3.17. The second-order valence-electron chi connectivity index (χ2n) is 5.29. The van der Waals surface area contributed by atoms with Gasteiger partial charge in [-0.15, -0.1) is 0 Å². The van der Waals surface area contributed by atoms with Crippen molar-refractivity contribution < 1.29 is 4.79 Å². The smallest absolute Gasteiger partial charge is 0.240 e. The molecule has 1 fully saturated rings. The molecule has 22 heavy (non-hydrogen) atoms. The predicted octanol–water partition coefficient (Wildman–Crippen LogP) is 0.0300. The lowest BCUT2D eigenvalue weighted by Gasteiger charge is -2.17. The van der Waals surface area contributed by atoms with Crippen molar-refractivity contribution >= 4 is 5.91 Å². The molecule has 3 rings (SSSR count). The summed E-state index contributed by atoms with van der Waals surface area (Å²) < 4.78 is 1.82. The van der Waals surface area contributed by atoms with Gasteiger partial charge < -0.3 is 5.32 Å². The van der Waals surface area contributed by atoms with Gasteiger partial charge in [-0.1, -0.05) is 30.3 Å². The molecule has 116 valence electrons. The van der Waals surface area contributed by atoms with Crippen molar-refractivity contribution in [2.45, 2.75) is 25.6 Å². The molecule has 1 amide bonds. The van der Waals surface area contributed by atoms with Gasteiger partial charge in [0.2, 0.25) is 5.91 Å². The summed E-state index contributed by atoms with van der Waals surface area (Å²) >= 11 is 0. The van der Waals surface area contributed by atoms with Crippen LogP contribution in [0.4, 0.5) is 0 Å². The number of amides is 1. The van der Waals surface area contributed by atoms with Gasteiger partial charge in [-0.25, -0.2) is 10.9 Å². The molecular formula is C15H20N6O. The standard InChI is InChI=1S/C15H20N6O/c1-11-7-9-21(19-11)10-8-16-15(22)14-13(17-20-18-14)12-5-3-2-4-6-12/h2-7,9,13-14,17-18,20H,8,10H2,1H3,(H,16,22). The van der Waals surface area contributed by atoms with E-state index in [9.17, 15) is 4.79 Å². The largest absolute Gasteiger partial charge is 0.353 e. The number of hydrazine groups is 2. The van der Waals surface area contributed by atoms with Gasteiger partial charge in [0.15, 0.2) is 0 Å². The first-order valence-electron chi connectivity index (χ1n) is 7.33. The van der Waals surface area contributed by atoms with Crippen LogP contribution in [-0.4, -0.2) is 28.3 Å². The van der Waals surface area contributed by atoms with Gasteiger partial charge in [0.1, 0.15) is 6.04 Å². The first kappa shape index (κ1) is 14.7. The molecule has 2 heterocycles. The molecule has 2 unspecified atom stereocenters. The number of carbonyl (C=O) groups is 1. The van der Waals surface area contributed by atoms with Crippen LogP contribution in [0.2, 0.25) is 0 Å². The van der Waals surface area contributed by atoms with Gasteiger partial charge in [-0.05, 0) is 18.6 Å². The summed E-state index contributed by atoms with van der Waals surface area (Å²) in [5.74, 6) is -0.0461. The van der Waals surface area contributed by atoms with E-state index in [0.29, 0.717) is 13.1 Å². The van der Waals surface area contributed by atoms with E-state index in [4.69, 9.17) is 0 Å². The molecule has 0 spiro atoms. The number of hydrogen-bond donors (Lipinski definition) is 4. The maximum atomic E-state index is 12.3. The summed E-state index contributed by atoms with van der Waals surface area (Å²) in [5.41, 5.74) is 10.9. The summed E-state index contributed by atoms with van der Waals surface area (Å²) in [7, 11) is 0. The Hall–Kier alpha value is -2.22. The fourth-order valence-corrected chi connectivity index (χ4v) is 2.51. The van der Waals surface area contributed by atoms with Gasteiger partial charge in [-0.3, -0.25) is 9.48 Å². The number of rotatable bonds is 5. The van der Waals surface area contributed by atoms with Gasteiger partial charge in [0.05, 0.1) is 18.3 Å². The Bertz CT molecular complexity index is 626. The van der Waals surface area contributed by atoms with Crippen molar-refractivity contribution in [3.63, 3.8) is 0 Å². The fourth-order valence-electron chi connectivity index (χ4n) is 2.51. The van der Waals surface area contributed by atoms with E-state index in [1.54, 1.807) is 0 Å². The van der Waals surface area contributed by atoms with Crippen LogP contribution in [0.25, 0.3) is 0 Å². The maximum Gasteiger partial charge on any atom is 0.240 e. The zero-order valence-electron chi connectivity index (χ0n) is 12.4. The van der Waals surface area contributed by atoms with E-state index < -0.39 is 0 Å². The van der Waals surface area contributed by atoms with Crippen molar-refractivity contribution in [2.75, 3.05) is 6.54 Å². The number of benzene rings is 1. The van der Waals surface area contributed by atoms with E-state index in [0.717, 1.165) is 11.3 Å². The van der Waals surface area contributed by atoms with Crippen LogP contribution >= 0.6 is 0 Å². The number of carbonyl (C=O) groups excluding carboxylic acids is 1. The zero-order chi connectivity index (χ0) is 15.4. The fraction of sp³-hybridized carbons (Fsp3) is 0.333. The molecule has 2 atom stereocenters. The molecule has 1 aromatic carbocycles. The second kappa shape index (κ2) is 6.69. The van der Waals surface area contributed by atoms with Crippen molar-refractivity contribution in [3.05, 3.63) is 53.9 Å². The lowest BCUT2D eigenvalue weighted by atomic mass is 10.0. The highest BCUT2D eigenvalue weighted by Crippen LogP contribution is 2.18. The molecule has 0 bridgehead atoms. The summed E-state index contributed by atoms with van der Waals surface area (Å²) in [6.07, 6.45) is 1.91. The Kier molecular flexibility index (Phi) is 4.47. The number of aromatic nitrogens is 2. The highest BCUT2D eigenvalue weighted by Gasteiger charge is 2.33. The predicted molar refractivity (Wildman–Crippen MR) is 82.4 cm³/mol. The molecule has 4 N–H and O–H groups in total. The average molecular weight is 300 g/mol. The third kappa shape index (κ3) is 3.33. The van der Waals surface area contributed by atoms with Crippen LogP contribution < -0.4 is 21.7 Å². The van der Waals surface area contributed by atoms with Crippen LogP contribution in [0.3, 0.4) is 0 Å². The molecule has 0 aliphatic carbocycles. The third-order valence-electron chi connectivity index (χ3n) is 3.64. The number of hydrogen-bond acceptors (Lipinski definition) is 5. The van der Waals surface area contributed by atoms with Crippen molar-refractivity contribution in [1.82, 2.24) is 31.5 Å². The monoisotopic (exact) mass is 300 g/mol. The quantitative estimate of drug-likeness (QED) is 0.626. The first-order valence-corrected chi connectivity index (χ1v) is 7.33. The highest BCUT2D eigenvalue weighted by molar-refractivity contribution is 5.83. The van der Waals surface area contributed by atoms with E-state index >= 15 is 0 Å². The van der Waals surface area contributed by atoms with Crippen LogP contribution in [0, 0.1) is 6.92 Å². The summed E-state index contributed by atoms with van der Waals surface area (Å²) in [6, 6.07) is 11.4. The normalized spacial score (nSPS) is 21.0. The van der Waals surface area contributed by atoms with Crippen LogP contribution in [0.5, 0.6) is 0 Å². The molecule has 7 heteroatoms. The topological polar surface area (TPSA) is 83.0 Å². The van der Waals surface area contributed by atoms with Gasteiger partial charge in [0.25, 0.3) is 0 Å². The Labute approximate surface area is 129 Å². The molecule has 0 radical (unpaired) electrons. The molecule has 1 saturated heterocycles. The van der Waals surface area contributed by atoms with Gasteiger partial charge in [-0.2, -0.15) is 10.6 Å². The minimum Gasteiger partial charge on any atom is -0.353 e. The number of aryl methyl sites for hydroxylation is 1. The van der Waals surface area contributed by atoms with E-state index in [1.165, 1.54) is 0 Å². The first-order chi connectivity index (χ1) is 10.7. The Morgan fingerprint density at radius 2 is 2.09 bits per heavy atom. The maximum absolute atomic E-state index is 12.3. The number of nitrogens with one attached hydrogen (secondary N) is 4. The molecule has 1 aliphatic rings.